The van der Waals surface area contributed by atoms with Crippen LogP contribution in [0.4, 0.5) is 0 Å². The number of rotatable bonds is 5. The van der Waals surface area contributed by atoms with Gasteiger partial charge in [0.1, 0.15) is 0 Å². The molecule has 0 aromatic heterocycles. The van der Waals surface area contributed by atoms with Gasteiger partial charge < -0.3 is 0 Å². The normalized spacial score (nSPS) is 12.2. The van der Waals surface area contributed by atoms with Crippen LogP contribution in [0.3, 0.4) is 0 Å². The van der Waals surface area contributed by atoms with E-state index >= 15 is 0 Å². The Hall–Kier alpha value is -1.06. The highest BCUT2D eigenvalue weighted by Gasteiger charge is 2.13. The van der Waals surface area contributed by atoms with E-state index in [2.05, 4.69) is 6.92 Å². The van der Waals surface area contributed by atoms with Crippen LogP contribution in [0.25, 0.3) is 0 Å². The molecule has 1 amide bonds. The number of hydrogen-bond acceptors (Lipinski definition) is 2. The number of halogens is 1. The summed E-state index contributed by atoms with van der Waals surface area (Å²) >= 11 is 5.82. The Kier molecular flexibility index (Phi) is 5.45. The average Bonchev–Trinajstić information content (AvgIpc) is 2.30. The molecule has 0 saturated carbocycles. The summed E-state index contributed by atoms with van der Waals surface area (Å²) in [6.45, 7) is 2.05. The van der Waals surface area contributed by atoms with Gasteiger partial charge >= 0.3 is 0 Å². The Morgan fingerprint density at radius 1 is 1.41 bits per heavy atom. The summed E-state index contributed by atoms with van der Waals surface area (Å²) in [4.78, 5) is 16.5. The third-order valence-corrected chi connectivity index (χ3v) is 2.90. The Balaban J connectivity index is 2.47. The molecule has 0 aliphatic heterocycles. The van der Waals surface area contributed by atoms with Gasteiger partial charge in [-0.2, -0.15) is 0 Å². The van der Waals surface area contributed by atoms with Crippen LogP contribution >= 0.6 is 11.6 Å². The summed E-state index contributed by atoms with van der Waals surface area (Å²) in [5, 5.41) is 2.00. The molecule has 0 heterocycles. The highest BCUT2D eigenvalue weighted by molar-refractivity contribution is 6.30. The van der Waals surface area contributed by atoms with Gasteiger partial charge in [-0.25, -0.2) is 5.06 Å². The highest BCUT2D eigenvalue weighted by Crippen LogP contribution is 2.15. The third-order valence-electron chi connectivity index (χ3n) is 2.65. The van der Waals surface area contributed by atoms with E-state index in [4.69, 9.17) is 16.4 Å². The summed E-state index contributed by atoms with van der Waals surface area (Å²) in [6.07, 6.45) is 1.34. The Bertz CT molecular complexity index is 364. The van der Waals surface area contributed by atoms with Crippen LogP contribution < -0.4 is 0 Å². The van der Waals surface area contributed by atoms with Crippen molar-refractivity contribution < 1.29 is 9.63 Å². The smallest absolute Gasteiger partial charge is 0.246 e. The van der Waals surface area contributed by atoms with Gasteiger partial charge in [-0.05, 0) is 30.0 Å². The molecule has 1 aromatic rings. The first-order valence-electron chi connectivity index (χ1n) is 5.58. The number of hydroxylamine groups is 2. The number of hydrogen-bond donors (Lipinski definition) is 0. The van der Waals surface area contributed by atoms with Crippen LogP contribution in [0, 0.1) is 5.92 Å². The van der Waals surface area contributed by atoms with Crippen molar-refractivity contribution in [1.82, 2.24) is 5.06 Å². The molecule has 94 valence electrons. The van der Waals surface area contributed by atoms with E-state index in [1.54, 1.807) is 7.05 Å². The Labute approximate surface area is 107 Å². The molecule has 0 bridgehead atoms. The molecule has 1 rings (SSSR count). The molecule has 1 unspecified atom stereocenters. The molecule has 4 heteroatoms. The molecule has 0 saturated heterocycles. The summed E-state index contributed by atoms with van der Waals surface area (Å²) in [5.74, 6) is 0.273. The second-order valence-electron chi connectivity index (χ2n) is 4.21. The molecular weight excluding hydrogens is 238 g/mol. The van der Waals surface area contributed by atoms with Crippen LogP contribution in [0.15, 0.2) is 24.3 Å². The standard InChI is InChI=1S/C13H18ClNO2/c1-10(9-13(16)15(2)17-3)8-11-4-6-12(14)7-5-11/h4-7,10H,8-9H2,1-3H3. The molecule has 0 fully saturated rings. The van der Waals surface area contributed by atoms with Gasteiger partial charge in [-0.1, -0.05) is 30.7 Å². The quantitative estimate of drug-likeness (QED) is 0.757. The van der Waals surface area contributed by atoms with Gasteiger partial charge in [0, 0.05) is 18.5 Å². The second kappa shape index (κ2) is 6.62. The molecule has 0 spiro atoms. The van der Waals surface area contributed by atoms with Crippen LogP contribution in [-0.4, -0.2) is 25.1 Å². The predicted octanol–water partition coefficient (Wildman–Crippen LogP) is 2.93. The van der Waals surface area contributed by atoms with Gasteiger partial charge in [0.2, 0.25) is 5.91 Å². The fraction of sp³-hybridized carbons (Fsp3) is 0.462. The first-order valence-corrected chi connectivity index (χ1v) is 5.96. The molecule has 0 aliphatic carbocycles. The number of amides is 1. The Morgan fingerprint density at radius 2 is 2.00 bits per heavy atom. The summed E-state index contributed by atoms with van der Waals surface area (Å²) in [5.41, 5.74) is 1.19. The van der Waals surface area contributed by atoms with Gasteiger partial charge in [-0.3, -0.25) is 9.63 Å². The van der Waals surface area contributed by atoms with E-state index in [0.29, 0.717) is 6.42 Å². The number of nitrogens with zero attached hydrogens (tertiary/aromatic N) is 1. The van der Waals surface area contributed by atoms with Crippen molar-refractivity contribution in [2.45, 2.75) is 19.8 Å². The van der Waals surface area contributed by atoms with E-state index in [1.165, 1.54) is 17.7 Å². The minimum Gasteiger partial charge on any atom is -0.275 e. The Morgan fingerprint density at radius 3 is 2.53 bits per heavy atom. The van der Waals surface area contributed by atoms with Crippen molar-refractivity contribution in [2.75, 3.05) is 14.2 Å². The van der Waals surface area contributed by atoms with Crippen molar-refractivity contribution in [3.63, 3.8) is 0 Å². The monoisotopic (exact) mass is 255 g/mol. The molecule has 1 aromatic carbocycles. The average molecular weight is 256 g/mol. The van der Waals surface area contributed by atoms with Gasteiger partial charge in [0.05, 0.1) is 7.11 Å². The van der Waals surface area contributed by atoms with Crippen molar-refractivity contribution >= 4 is 17.5 Å². The lowest BCUT2D eigenvalue weighted by molar-refractivity contribution is -0.169. The van der Waals surface area contributed by atoms with E-state index < -0.39 is 0 Å². The third kappa shape index (κ3) is 4.75. The first kappa shape index (κ1) is 14.0. The summed E-state index contributed by atoms with van der Waals surface area (Å²) < 4.78 is 0. The zero-order valence-electron chi connectivity index (χ0n) is 10.4. The highest BCUT2D eigenvalue weighted by atomic mass is 35.5. The van der Waals surface area contributed by atoms with Crippen molar-refractivity contribution in [1.29, 1.82) is 0 Å². The van der Waals surface area contributed by atoms with Gasteiger partial charge in [-0.15, -0.1) is 0 Å². The predicted molar refractivity (Wildman–Crippen MR) is 68.7 cm³/mol. The maximum absolute atomic E-state index is 11.6. The minimum atomic E-state index is -0.00559. The fourth-order valence-corrected chi connectivity index (χ4v) is 1.75. The first-order chi connectivity index (χ1) is 8.02. The van der Waals surface area contributed by atoms with Crippen molar-refractivity contribution in [3.05, 3.63) is 34.9 Å². The summed E-state index contributed by atoms with van der Waals surface area (Å²) in [6, 6.07) is 7.71. The van der Waals surface area contributed by atoms with Crippen molar-refractivity contribution in [2.24, 2.45) is 5.92 Å². The van der Waals surface area contributed by atoms with Crippen LogP contribution in [-0.2, 0) is 16.1 Å². The van der Waals surface area contributed by atoms with Crippen LogP contribution in [0.2, 0.25) is 5.02 Å². The lowest BCUT2D eigenvalue weighted by Crippen LogP contribution is -2.27. The maximum Gasteiger partial charge on any atom is 0.246 e. The molecule has 17 heavy (non-hydrogen) atoms. The number of carbonyl (C=O) groups excluding carboxylic acids is 1. The van der Waals surface area contributed by atoms with Crippen LogP contribution in [0.1, 0.15) is 18.9 Å². The molecule has 0 aliphatic rings. The number of benzene rings is 1. The zero-order chi connectivity index (χ0) is 12.8. The molecule has 0 N–H and O–H groups in total. The molecule has 0 radical (unpaired) electrons. The molecule has 3 nitrogen and oxygen atoms in total. The largest absolute Gasteiger partial charge is 0.275 e. The van der Waals surface area contributed by atoms with Crippen molar-refractivity contribution in [3.8, 4) is 0 Å². The topological polar surface area (TPSA) is 29.5 Å². The lowest BCUT2D eigenvalue weighted by atomic mass is 9.98. The summed E-state index contributed by atoms with van der Waals surface area (Å²) in [7, 11) is 3.11. The zero-order valence-corrected chi connectivity index (χ0v) is 11.2. The van der Waals surface area contributed by atoms with E-state index in [1.807, 2.05) is 24.3 Å². The second-order valence-corrected chi connectivity index (χ2v) is 4.65. The fourth-order valence-electron chi connectivity index (χ4n) is 1.62. The maximum atomic E-state index is 11.6. The van der Waals surface area contributed by atoms with E-state index in [9.17, 15) is 4.79 Å². The van der Waals surface area contributed by atoms with E-state index in [0.717, 1.165) is 11.4 Å². The molecular formula is C13H18ClNO2. The lowest BCUT2D eigenvalue weighted by Gasteiger charge is -2.17. The SMILES string of the molecule is CON(C)C(=O)CC(C)Cc1ccc(Cl)cc1. The van der Waals surface area contributed by atoms with E-state index in [-0.39, 0.29) is 11.8 Å². The number of carbonyl (C=O) groups is 1. The minimum absolute atomic E-state index is 0.00559. The van der Waals surface area contributed by atoms with Crippen LogP contribution in [0.5, 0.6) is 0 Å². The van der Waals surface area contributed by atoms with Gasteiger partial charge in [0.25, 0.3) is 0 Å². The van der Waals surface area contributed by atoms with Gasteiger partial charge in [0.15, 0.2) is 0 Å². The molecule has 1 atom stereocenters.